The average molecular weight is 537 g/mol. The normalized spacial score (nSPS) is 10.9. The lowest BCUT2D eigenvalue weighted by Crippen LogP contribution is -2.14. The molecule has 0 unspecified atom stereocenters. The molecule has 1 N–H and O–H groups in total. The molecule has 4 rings (SSSR count). The number of hydrogen-bond acceptors (Lipinski definition) is 3. The Balaban J connectivity index is 1.78. The van der Waals surface area contributed by atoms with Gasteiger partial charge in [-0.1, -0.05) is 68.9 Å². The maximum absolute atomic E-state index is 12.9. The summed E-state index contributed by atoms with van der Waals surface area (Å²) in [5, 5.41) is 8.52. The quantitative estimate of drug-likeness (QED) is 0.300. The van der Waals surface area contributed by atoms with Crippen LogP contribution in [0.4, 0.5) is 5.69 Å². The lowest BCUT2D eigenvalue weighted by molar-refractivity contribution is 0.101. The van der Waals surface area contributed by atoms with Gasteiger partial charge in [-0.05, 0) is 55.0 Å². The number of carbonyl (C=O) groups excluding carboxylic acids is 1. The van der Waals surface area contributed by atoms with E-state index in [1.54, 1.807) is 35.0 Å². The molecule has 4 aromatic rings. The van der Waals surface area contributed by atoms with Crippen LogP contribution in [0.5, 0.6) is 0 Å². The number of anilines is 1. The van der Waals surface area contributed by atoms with E-state index < -0.39 is 5.91 Å². The number of aryl methyl sites for hydroxylation is 1. The summed E-state index contributed by atoms with van der Waals surface area (Å²) < 4.78 is 2.55. The van der Waals surface area contributed by atoms with Gasteiger partial charge in [-0.15, -0.1) is 5.10 Å². The van der Waals surface area contributed by atoms with Gasteiger partial charge in [0, 0.05) is 20.7 Å². The number of halogens is 4. The van der Waals surface area contributed by atoms with Crippen LogP contribution in [0.1, 0.15) is 16.2 Å². The van der Waals surface area contributed by atoms with Gasteiger partial charge in [0.25, 0.3) is 5.91 Å². The molecular weight excluding hydrogens is 523 g/mol. The van der Waals surface area contributed by atoms with Crippen molar-refractivity contribution in [2.24, 2.45) is 0 Å². The molecule has 0 spiro atoms. The summed E-state index contributed by atoms with van der Waals surface area (Å²) in [6.45, 7) is 1.94. The fourth-order valence-electron chi connectivity index (χ4n) is 2.93. The largest absolute Gasteiger partial charge is 0.319 e. The molecular formula is C22H14BrCl3N4O. The fourth-order valence-corrected chi connectivity index (χ4v) is 3.66. The van der Waals surface area contributed by atoms with E-state index in [0.717, 1.165) is 21.3 Å². The van der Waals surface area contributed by atoms with Crippen molar-refractivity contribution in [2.75, 3.05) is 5.32 Å². The minimum Gasteiger partial charge on any atom is -0.319 e. The molecule has 0 atom stereocenters. The highest BCUT2D eigenvalue weighted by atomic mass is 79.9. The van der Waals surface area contributed by atoms with Gasteiger partial charge in [0.05, 0.1) is 15.7 Å². The first-order valence-corrected chi connectivity index (χ1v) is 11.0. The number of hydrogen-bond donors (Lipinski definition) is 1. The number of amides is 1. The van der Waals surface area contributed by atoms with Gasteiger partial charge in [-0.25, -0.2) is 9.67 Å². The van der Waals surface area contributed by atoms with Gasteiger partial charge in [-0.3, -0.25) is 4.79 Å². The van der Waals surface area contributed by atoms with Crippen molar-refractivity contribution in [3.63, 3.8) is 0 Å². The van der Waals surface area contributed by atoms with Crippen molar-refractivity contribution in [1.82, 2.24) is 14.8 Å². The second kappa shape index (κ2) is 9.01. The zero-order chi connectivity index (χ0) is 22.1. The molecule has 1 heterocycles. The Morgan fingerprint density at radius 3 is 2.42 bits per heavy atom. The Kier molecular flexibility index (Phi) is 6.34. The zero-order valence-electron chi connectivity index (χ0n) is 16.0. The van der Waals surface area contributed by atoms with E-state index >= 15 is 0 Å². The van der Waals surface area contributed by atoms with Crippen LogP contribution in [0.25, 0.3) is 17.1 Å². The van der Waals surface area contributed by atoms with Crippen LogP contribution in [0.2, 0.25) is 15.1 Å². The first kappa shape index (κ1) is 21.8. The third kappa shape index (κ3) is 4.77. The van der Waals surface area contributed by atoms with Crippen LogP contribution in [-0.4, -0.2) is 20.7 Å². The Labute approximate surface area is 202 Å². The van der Waals surface area contributed by atoms with Crippen LogP contribution >= 0.6 is 50.7 Å². The number of nitrogens with zero attached hydrogens (tertiary/aromatic N) is 3. The minimum absolute atomic E-state index is 0.00312. The minimum atomic E-state index is -0.477. The van der Waals surface area contributed by atoms with E-state index in [4.69, 9.17) is 34.8 Å². The van der Waals surface area contributed by atoms with Crippen molar-refractivity contribution in [2.45, 2.75) is 6.92 Å². The number of aromatic nitrogens is 3. The summed E-state index contributed by atoms with van der Waals surface area (Å²) in [4.78, 5) is 17.4. The van der Waals surface area contributed by atoms with Gasteiger partial charge in [-0.2, -0.15) is 0 Å². The third-order valence-corrected chi connectivity index (χ3v) is 5.99. The number of nitrogens with one attached hydrogen (secondary N) is 1. The molecule has 3 aromatic carbocycles. The van der Waals surface area contributed by atoms with Crippen LogP contribution in [0.3, 0.4) is 0 Å². The number of benzene rings is 3. The molecule has 1 aromatic heterocycles. The second-order valence-corrected chi connectivity index (χ2v) is 8.86. The zero-order valence-corrected chi connectivity index (χ0v) is 19.9. The maximum Gasteiger partial charge on any atom is 0.295 e. The predicted octanol–water partition coefficient (Wildman–Crippen LogP) is 7.22. The summed E-state index contributed by atoms with van der Waals surface area (Å²) in [5.41, 5.74) is 2.94. The molecule has 1 amide bonds. The first-order chi connectivity index (χ1) is 14.8. The van der Waals surface area contributed by atoms with E-state index in [1.165, 1.54) is 0 Å². The van der Waals surface area contributed by atoms with Crippen molar-refractivity contribution < 1.29 is 4.79 Å². The van der Waals surface area contributed by atoms with Crippen molar-refractivity contribution in [1.29, 1.82) is 0 Å². The highest BCUT2D eigenvalue weighted by Crippen LogP contribution is 2.28. The lowest BCUT2D eigenvalue weighted by Gasteiger charge is -2.09. The van der Waals surface area contributed by atoms with E-state index in [9.17, 15) is 4.79 Å². The summed E-state index contributed by atoms with van der Waals surface area (Å²) >= 11 is 21.6. The van der Waals surface area contributed by atoms with Crippen LogP contribution < -0.4 is 5.32 Å². The Bertz CT molecular complexity index is 1290. The van der Waals surface area contributed by atoms with Crippen LogP contribution in [0.15, 0.2) is 65.1 Å². The van der Waals surface area contributed by atoms with Gasteiger partial charge in [0.2, 0.25) is 5.82 Å². The molecule has 5 nitrogen and oxygen atoms in total. The van der Waals surface area contributed by atoms with Gasteiger partial charge >= 0.3 is 0 Å². The molecule has 0 bridgehead atoms. The predicted molar refractivity (Wildman–Crippen MR) is 129 cm³/mol. The van der Waals surface area contributed by atoms with Crippen molar-refractivity contribution >= 4 is 62.3 Å². The highest BCUT2D eigenvalue weighted by molar-refractivity contribution is 9.10. The molecule has 9 heteroatoms. The molecule has 0 aliphatic heterocycles. The molecule has 31 heavy (non-hydrogen) atoms. The van der Waals surface area contributed by atoms with E-state index in [-0.39, 0.29) is 5.82 Å². The summed E-state index contributed by atoms with van der Waals surface area (Å²) in [7, 11) is 0. The number of rotatable bonds is 4. The summed E-state index contributed by atoms with van der Waals surface area (Å²) in [6.07, 6.45) is 0. The standard InChI is InChI=1S/C22H14BrCl3N4O/c1-12-2-7-15(24)10-19(12)30-21(13-3-5-14(23)6-4-13)28-20(29-30)22(31)27-16-8-9-17(25)18(26)11-16/h2-11H,1H3,(H,27,31). The van der Waals surface area contributed by atoms with E-state index in [0.29, 0.717) is 26.6 Å². The molecule has 0 aliphatic rings. The third-order valence-electron chi connectivity index (χ3n) is 4.49. The SMILES string of the molecule is Cc1ccc(Cl)cc1-n1nc(C(=O)Nc2ccc(Cl)c(Cl)c2)nc1-c1ccc(Br)cc1. The van der Waals surface area contributed by atoms with Gasteiger partial charge in [0.15, 0.2) is 5.82 Å². The highest BCUT2D eigenvalue weighted by Gasteiger charge is 2.20. The molecule has 0 saturated carbocycles. The molecule has 156 valence electrons. The molecule has 0 saturated heterocycles. The topological polar surface area (TPSA) is 59.8 Å². The summed E-state index contributed by atoms with van der Waals surface area (Å²) in [5.74, 6) is 0.0377. The van der Waals surface area contributed by atoms with Crippen LogP contribution in [0, 0.1) is 6.92 Å². The second-order valence-electron chi connectivity index (χ2n) is 6.69. The maximum atomic E-state index is 12.9. The van der Waals surface area contributed by atoms with Crippen LogP contribution in [-0.2, 0) is 0 Å². The van der Waals surface area contributed by atoms with Gasteiger partial charge in [0.1, 0.15) is 0 Å². The Hall–Kier alpha value is -2.38. The average Bonchev–Trinajstić information content (AvgIpc) is 3.18. The summed E-state index contributed by atoms with van der Waals surface area (Å²) in [6, 6.07) is 17.9. The Morgan fingerprint density at radius 1 is 0.968 bits per heavy atom. The first-order valence-electron chi connectivity index (χ1n) is 9.08. The molecule has 0 radical (unpaired) electrons. The molecule has 0 aliphatic carbocycles. The van der Waals surface area contributed by atoms with Gasteiger partial charge < -0.3 is 5.32 Å². The van der Waals surface area contributed by atoms with Crippen molar-refractivity contribution in [3.8, 4) is 17.1 Å². The lowest BCUT2D eigenvalue weighted by atomic mass is 10.2. The molecule has 0 fully saturated rings. The number of carbonyl (C=O) groups is 1. The van der Waals surface area contributed by atoms with E-state index in [1.807, 2.05) is 37.3 Å². The Morgan fingerprint density at radius 2 is 1.71 bits per heavy atom. The monoisotopic (exact) mass is 534 g/mol. The smallest absolute Gasteiger partial charge is 0.295 e. The van der Waals surface area contributed by atoms with E-state index in [2.05, 4.69) is 31.3 Å². The fraction of sp³-hybridized carbons (Fsp3) is 0.0455. The van der Waals surface area contributed by atoms with Crippen molar-refractivity contribution in [3.05, 3.63) is 91.6 Å².